The Kier molecular flexibility index (Phi) is 8.95. The number of hydrogen-bond donors (Lipinski definition) is 1. The molecule has 0 aliphatic heterocycles. The predicted octanol–water partition coefficient (Wildman–Crippen LogP) is 0.674. The molecule has 0 spiro atoms. The third-order valence-corrected chi connectivity index (χ3v) is 3.89. The van der Waals surface area contributed by atoms with Gasteiger partial charge in [-0.05, 0) is 12.8 Å². The van der Waals surface area contributed by atoms with Gasteiger partial charge in [0.1, 0.15) is 0 Å². The second kappa shape index (κ2) is 9.29. The zero-order valence-corrected chi connectivity index (χ0v) is 12.1. The fraction of sp³-hybridized carbons (Fsp3) is 0.909. The van der Waals surface area contributed by atoms with E-state index in [1.807, 2.05) is 6.92 Å². The zero-order chi connectivity index (χ0) is 14.0. The van der Waals surface area contributed by atoms with Crippen molar-refractivity contribution < 1.29 is 22.7 Å². The molecule has 0 radical (unpaired) electrons. The highest BCUT2D eigenvalue weighted by Gasteiger charge is 2.17. The molecule has 1 atom stereocenters. The number of rotatable bonds is 10. The second-order valence-electron chi connectivity index (χ2n) is 4.06. The lowest BCUT2D eigenvalue weighted by molar-refractivity contribution is -0.140. The van der Waals surface area contributed by atoms with Gasteiger partial charge in [-0.25, -0.2) is 13.1 Å². The van der Waals surface area contributed by atoms with Gasteiger partial charge in [0.2, 0.25) is 10.0 Å². The molecule has 0 aromatic rings. The number of hydrogen-bond acceptors (Lipinski definition) is 5. The molecular weight excluding hydrogens is 258 g/mol. The normalized spacial score (nSPS) is 13.3. The molecule has 0 fully saturated rings. The highest BCUT2D eigenvalue weighted by Crippen LogP contribution is 2.02. The van der Waals surface area contributed by atoms with Gasteiger partial charge in [-0.1, -0.05) is 13.3 Å². The van der Waals surface area contributed by atoms with Crippen LogP contribution in [0, 0.1) is 0 Å². The summed E-state index contributed by atoms with van der Waals surface area (Å²) in [5, 5.41) is 0. The third-order valence-electron chi connectivity index (χ3n) is 2.37. The Morgan fingerprint density at radius 3 is 2.50 bits per heavy atom. The smallest absolute Gasteiger partial charge is 0.305 e. The Labute approximate surface area is 109 Å². The van der Waals surface area contributed by atoms with Crippen molar-refractivity contribution in [3.8, 4) is 0 Å². The molecule has 108 valence electrons. The van der Waals surface area contributed by atoms with Crippen molar-refractivity contribution >= 4 is 16.0 Å². The maximum Gasteiger partial charge on any atom is 0.305 e. The van der Waals surface area contributed by atoms with Crippen LogP contribution in [-0.2, 0) is 24.3 Å². The monoisotopic (exact) mass is 281 g/mol. The SMILES string of the molecule is CCCC(COC)NS(=O)(=O)CCCC(=O)OC. The number of nitrogens with one attached hydrogen (secondary N) is 1. The van der Waals surface area contributed by atoms with Crippen LogP contribution in [0.25, 0.3) is 0 Å². The summed E-state index contributed by atoms with van der Waals surface area (Å²) in [6, 6.07) is -0.205. The van der Waals surface area contributed by atoms with E-state index in [0.29, 0.717) is 6.61 Å². The van der Waals surface area contributed by atoms with E-state index >= 15 is 0 Å². The van der Waals surface area contributed by atoms with Crippen molar-refractivity contribution in [1.29, 1.82) is 0 Å². The summed E-state index contributed by atoms with van der Waals surface area (Å²) in [5.41, 5.74) is 0. The maximum absolute atomic E-state index is 11.7. The summed E-state index contributed by atoms with van der Waals surface area (Å²) in [5.74, 6) is -0.473. The maximum atomic E-state index is 11.7. The van der Waals surface area contributed by atoms with E-state index in [1.165, 1.54) is 14.2 Å². The summed E-state index contributed by atoms with van der Waals surface area (Å²) in [4.78, 5) is 10.9. The van der Waals surface area contributed by atoms with Crippen LogP contribution >= 0.6 is 0 Å². The van der Waals surface area contributed by atoms with Crippen molar-refractivity contribution in [2.24, 2.45) is 0 Å². The largest absolute Gasteiger partial charge is 0.469 e. The summed E-state index contributed by atoms with van der Waals surface area (Å²) in [6.07, 6.45) is 1.97. The van der Waals surface area contributed by atoms with Gasteiger partial charge in [0.05, 0.1) is 19.5 Å². The minimum Gasteiger partial charge on any atom is -0.469 e. The molecule has 0 aromatic heterocycles. The van der Waals surface area contributed by atoms with Gasteiger partial charge in [0.25, 0.3) is 0 Å². The van der Waals surface area contributed by atoms with Gasteiger partial charge >= 0.3 is 5.97 Å². The van der Waals surface area contributed by atoms with Gasteiger partial charge in [-0.3, -0.25) is 4.79 Å². The van der Waals surface area contributed by atoms with Crippen molar-refractivity contribution in [1.82, 2.24) is 4.72 Å². The lowest BCUT2D eigenvalue weighted by Crippen LogP contribution is -2.39. The minimum atomic E-state index is -3.37. The minimum absolute atomic E-state index is 0.0774. The fourth-order valence-electron chi connectivity index (χ4n) is 1.55. The first-order valence-electron chi connectivity index (χ1n) is 6.01. The molecule has 0 aliphatic rings. The van der Waals surface area contributed by atoms with Crippen LogP contribution in [-0.4, -0.2) is 47.0 Å². The predicted molar refractivity (Wildman–Crippen MR) is 68.7 cm³/mol. The van der Waals surface area contributed by atoms with E-state index in [2.05, 4.69) is 9.46 Å². The van der Waals surface area contributed by atoms with Crippen LogP contribution in [0.2, 0.25) is 0 Å². The summed E-state index contributed by atoms with van der Waals surface area (Å²) in [7, 11) is -0.548. The van der Waals surface area contributed by atoms with Crippen molar-refractivity contribution in [2.45, 2.75) is 38.6 Å². The third kappa shape index (κ3) is 8.43. The molecule has 0 rings (SSSR count). The topological polar surface area (TPSA) is 81.7 Å². The van der Waals surface area contributed by atoms with Crippen molar-refractivity contribution in [3.63, 3.8) is 0 Å². The number of carbonyl (C=O) groups excluding carboxylic acids is 1. The van der Waals surface area contributed by atoms with Crippen molar-refractivity contribution in [2.75, 3.05) is 26.6 Å². The molecule has 0 saturated heterocycles. The molecule has 18 heavy (non-hydrogen) atoms. The number of carbonyl (C=O) groups is 1. The van der Waals surface area contributed by atoms with E-state index in [0.717, 1.165) is 12.8 Å². The molecule has 0 aliphatic carbocycles. The van der Waals surface area contributed by atoms with Crippen LogP contribution in [0.3, 0.4) is 0 Å². The van der Waals surface area contributed by atoms with Crippen LogP contribution < -0.4 is 4.72 Å². The molecule has 0 amide bonds. The lowest BCUT2D eigenvalue weighted by atomic mass is 10.2. The molecule has 1 unspecified atom stereocenters. The van der Waals surface area contributed by atoms with Gasteiger partial charge in [-0.15, -0.1) is 0 Å². The average molecular weight is 281 g/mol. The van der Waals surface area contributed by atoms with E-state index in [1.54, 1.807) is 0 Å². The average Bonchev–Trinajstić information content (AvgIpc) is 2.28. The van der Waals surface area contributed by atoms with E-state index < -0.39 is 16.0 Å². The molecule has 0 bridgehead atoms. The first-order valence-corrected chi connectivity index (χ1v) is 7.66. The molecule has 7 heteroatoms. The van der Waals surface area contributed by atoms with Gasteiger partial charge in [0, 0.05) is 19.6 Å². The zero-order valence-electron chi connectivity index (χ0n) is 11.3. The Hall–Kier alpha value is -0.660. The van der Waals surface area contributed by atoms with Crippen LogP contribution in [0.15, 0.2) is 0 Å². The fourth-order valence-corrected chi connectivity index (χ4v) is 2.88. The first-order chi connectivity index (χ1) is 8.45. The number of methoxy groups -OCH3 is 2. The first kappa shape index (κ1) is 17.3. The molecule has 1 N–H and O–H groups in total. The van der Waals surface area contributed by atoms with Gasteiger partial charge in [-0.2, -0.15) is 0 Å². The Morgan fingerprint density at radius 2 is 2.00 bits per heavy atom. The van der Waals surface area contributed by atoms with Crippen LogP contribution in [0.5, 0.6) is 0 Å². The standard InChI is InChI=1S/C11H23NO5S/c1-4-6-10(9-16-2)12-18(14,15)8-5-7-11(13)17-3/h10,12H,4-9H2,1-3H3. The Balaban J connectivity index is 4.14. The molecular formula is C11H23NO5S. The van der Waals surface area contributed by atoms with Crippen molar-refractivity contribution in [3.05, 3.63) is 0 Å². The molecule has 6 nitrogen and oxygen atoms in total. The number of esters is 1. The lowest BCUT2D eigenvalue weighted by Gasteiger charge is -2.17. The van der Waals surface area contributed by atoms with Gasteiger partial charge < -0.3 is 9.47 Å². The van der Waals surface area contributed by atoms with Crippen LogP contribution in [0.1, 0.15) is 32.6 Å². The highest BCUT2D eigenvalue weighted by atomic mass is 32.2. The number of ether oxygens (including phenoxy) is 2. The molecule has 0 saturated carbocycles. The molecule has 0 heterocycles. The van der Waals surface area contributed by atoms with Gasteiger partial charge in [0.15, 0.2) is 0 Å². The summed E-state index contributed by atoms with van der Waals surface area (Å²) < 4.78 is 35.5. The Bertz CT molecular complexity index is 322. The number of sulfonamides is 1. The van der Waals surface area contributed by atoms with E-state index in [-0.39, 0.29) is 24.6 Å². The summed E-state index contributed by atoms with van der Waals surface area (Å²) >= 11 is 0. The van der Waals surface area contributed by atoms with Crippen LogP contribution in [0.4, 0.5) is 0 Å². The van der Waals surface area contributed by atoms with E-state index in [9.17, 15) is 13.2 Å². The second-order valence-corrected chi connectivity index (χ2v) is 5.93. The Morgan fingerprint density at radius 1 is 1.33 bits per heavy atom. The van der Waals surface area contributed by atoms with E-state index in [4.69, 9.17) is 4.74 Å². The quantitative estimate of drug-likeness (QED) is 0.595. The molecule has 0 aromatic carbocycles. The highest BCUT2D eigenvalue weighted by molar-refractivity contribution is 7.89. The summed E-state index contributed by atoms with van der Waals surface area (Å²) in [6.45, 7) is 2.33.